The van der Waals surface area contributed by atoms with E-state index < -0.39 is 10.0 Å². The summed E-state index contributed by atoms with van der Waals surface area (Å²) >= 11 is 0. The van der Waals surface area contributed by atoms with E-state index in [4.69, 9.17) is 9.47 Å². The molecule has 1 fully saturated rings. The minimum atomic E-state index is -3.12. The summed E-state index contributed by atoms with van der Waals surface area (Å²) in [7, 11) is 0.335. The van der Waals surface area contributed by atoms with Gasteiger partial charge in [0, 0.05) is 52.8 Å². The second-order valence-corrected chi connectivity index (χ2v) is 8.23. The summed E-state index contributed by atoms with van der Waals surface area (Å²) in [4.78, 5) is 6.57. The molecule has 0 radical (unpaired) electrons. The molecule has 1 aliphatic rings. The third-order valence-electron chi connectivity index (χ3n) is 4.27. The molecule has 1 heterocycles. The van der Waals surface area contributed by atoms with Crippen molar-refractivity contribution in [1.82, 2.24) is 14.5 Å². The summed E-state index contributed by atoms with van der Waals surface area (Å²) < 4.78 is 35.2. The Labute approximate surface area is 152 Å². The number of guanidine groups is 1. The van der Waals surface area contributed by atoms with Gasteiger partial charge in [0.25, 0.3) is 0 Å². The summed E-state index contributed by atoms with van der Waals surface area (Å²) in [5.74, 6) is 1.39. The molecule has 1 unspecified atom stereocenters. The highest BCUT2D eigenvalue weighted by Gasteiger charge is 2.24. The molecule has 0 aromatic rings. The van der Waals surface area contributed by atoms with Crippen molar-refractivity contribution in [3.05, 3.63) is 0 Å². The lowest BCUT2D eigenvalue weighted by atomic mass is 10.1. The predicted octanol–water partition coefficient (Wildman–Crippen LogP) is 0.218. The number of aliphatic imine (C=N–C) groups is 1. The van der Waals surface area contributed by atoms with Gasteiger partial charge in [0.2, 0.25) is 10.0 Å². The molecule has 1 aliphatic heterocycles. The fourth-order valence-corrected chi connectivity index (χ4v) is 3.83. The van der Waals surface area contributed by atoms with Crippen molar-refractivity contribution in [2.45, 2.75) is 19.8 Å². The number of nitrogens with zero attached hydrogens (tertiary/aromatic N) is 3. The average molecular weight is 379 g/mol. The molecule has 0 spiro atoms. The van der Waals surface area contributed by atoms with Crippen LogP contribution in [0.3, 0.4) is 0 Å². The second kappa shape index (κ2) is 11.7. The van der Waals surface area contributed by atoms with Gasteiger partial charge in [-0.3, -0.25) is 4.99 Å². The van der Waals surface area contributed by atoms with Gasteiger partial charge in [-0.1, -0.05) is 6.92 Å². The van der Waals surface area contributed by atoms with Crippen LogP contribution >= 0.6 is 0 Å². The van der Waals surface area contributed by atoms with E-state index in [-0.39, 0.29) is 0 Å². The molecule has 25 heavy (non-hydrogen) atoms. The quantitative estimate of drug-likeness (QED) is 0.315. The summed E-state index contributed by atoms with van der Waals surface area (Å²) in [5, 5.41) is 3.33. The average Bonchev–Trinajstić information content (AvgIpc) is 3.02. The van der Waals surface area contributed by atoms with Gasteiger partial charge in [-0.15, -0.1) is 0 Å². The van der Waals surface area contributed by atoms with E-state index in [2.05, 4.69) is 15.2 Å². The number of ether oxygens (including phenoxy) is 2. The third-order valence-corrected chi connectivity index (χ3v) is 5.65. The number of sulfonamides is 1. The van der Waals surface area contributed by atoms with Gasteiger partial charge in [0.1, 0.15) is 0 Å². The zero-order valence-electron chi connectivity index (χ0n) is 16.0. The Morgan fingerprint density at radius 2 is 2.16 bits per heavy atom. The Bertz CT molecular complexity index is 498. The number of hydrogen-bond donors (Lipinski definition) is 1. The molecule has 0 saturated carbocycles. The van der Waals surface area contributed by atoms with E-state index in [1.807, 2.05) is 6.92 Å². The lowest BCUT2D eigenvalue weighted by Crippen LogP contribution is -2.41. The number of methoxy groups -OCH3 is 1. The molecule has 148 valence electrons. The van der Waals surface area contributed by atoms with Crippen LogP contribution in [0.4, 0.5) is 0 Å². The standard InChI is InChI=1S/C16H34N4O4S/c1-5-20(25(4,21)22)9-6-8-18-16(17-2)19-10-7-15(13-19)14-24-12-11-23-3/h15H,5-14H2,1-4H3,(H,17,18). The molecule has 0 aliphatic carbocycles. The van der Waals surface area contributed by atoms with Gasteiger partial charge in [0.15, 0.2) is 5.96 Å². The molecule has 1 saturated heterocycles. The molecule has 9 heteroatoms. The Morgan fingerprint density at radius 1 is 1.40 bits per heavy atom. The van der Waals surface area contributed by atoms with Crippen LogP contribution in [0.1, 0.15) is 19.8 Å². The second-order valence-electron chi connectivity index (χ2n) is 6.25. The highest BCUT2D eigenvalue weighted by atomic mass is 32.2. The van der Waals surface area contributed by atoms with Crippen molar-refractivity contribution in [3.63, 3.8) is 0 Å². The summed E-state index contributed by atoms with van der Waals surface area (Å²) in [6.07, 6.45) is 3.09. The van der Waals surface area contributed by atoms with Crippen molar-refractivity contribution < 1.29 is 17.9 Å². The van der Waals surface area contributed by atoms with Crippen LogP contribution in [-0.4, -0.2) is 96.5 Å². The van der Waals surface area contributed by atoms with E-state index in [1.165, 1.54) is 10.6 Å². The fraction of sp³-hybridized carbons (Fsp3) is 0.938. The van der Waals surface area contributed by atoms with Gasteiger partial charge in [-0.25, -0.2) is 12.7 Å². The largest absolute Gasteiger partial charge is 0.382 e. The van der Waals surface area contributed by atoms with E-state index >= 15 is 0 Å². The zero-order chi connectivity index (χ0) is 18.7. The summed E-state index contributed by atoms with van der Waals surface area (Å²) in [5.41, 5.74) is 0. The van der Waals surface area contributed by atoms with Crippen LogP contribution in [0.25, 0.3) is 0 Å². The van der Waals surface area contributed by atoms with Crippen molar-refractivity contribution in [1.29, 1.82) is 0 Å². The van der Waals surface area contributed by atoms with Gasteiger partial charge < -0.3 is 19.7 Å². The van der Waals surface area contributed by atoms with Crippen LogP contribution in [0, 0.1) is 5.92 Å². The van der Waals surface area contributed by atoms with E-state index in [1.54, 1.807) is 14.2 Å². The number of nitrogens with one attached hydrogen (secondary N) is 1. The highest BCUT2D eigenvalue weighted by Crippen LogP contribution is 2.16. The molecule has 0 aromatic heterocycles. The van der Waals surface area contributed by atoms with Crippen LogP contribution in [0.2, 0.25) is 0 Å². The van der Waals surface area contributed by atoms with Crippen molar-refractivity contribution in [3.8, 4) is 0 Å². The molecule has 0 bridgehead atoms. The van der Waals surface area contributed by atoms with Crippen LogP contribution in [0.15, 0.2) is 4.99 Å². The maximum Gasteiger partial charge on any atom is 0.211 e. The van der Waals surface area contributed by atoms with E-state index in [0.717, 1.165) is 38.5 Å². The smallest absolute Gasteiger partial charge is 0.211 e. The monoisotopic (exact) mass is 378 g/mol. The number of likely N-dealkylation sites (tertiary alicyclic amines) is 1. The molecule has 8 nitrogen and oxygen atoms in total. The first-order valence-electron chi connectivity index (χ1n) is 8.89. The van der Waals surface area contributed by atoms with Crippen LogP contribution in [0.5, 0.6) is 0 Å². The minimum absolute atomic E-state index is 0.504. The normalized spacial score (nSPS) is 19.0. The Kier molecular flexibility index (Phi) is 10.3. The highest BCUT2D eigenvalue weighted by molar-refractivity contribution is 7.88. The van der Waals surface area contributed by atoms with Crippen molar-refractivity contribution in [2.24, 2.45) is 10.9 Å². The van der Waals surface area contributed by atoms with Crippen LogP contribution in [-0.2, 0) is 19.5 Å². The fourth-order valence-electron chi connectivity index (χ4n) is 2.90. The Balaban J connectivity index is 2.28. The molecular formula is C16H34N4O4S. The van der Waals surface area contributed by atoms with Gasteiger partial charge in [0.05, 0.1) is 26.1 Å². The summed E-state index contributed by atoms with van der Waals surface area (Å²) in [6, 6.07) is 0. The molecule has 1 atom stereocenters. The van der Waals surface area contributed by atoms with Gasteiger partial charge >= 0.3 is 0 Å². The molecule has 1 rings (SSSR count). The lowest BCUT2D eigenvalue weighted by Gasteiger charge is -2.23. The van der Waals surface area contributed by atoms with Crippen molar-refractivity contribution >= 4 is 16.0 Å². The molecular weight excluding hydrogens is 344 g/mol. The predicted molar refractivity (Wildman–Crippen MR) is 100 cm³/mol. The van der Waals surface area contributed by atoms with Gasteiger partial charge in [-0.2, -0.15) is 0 Å². The Morgan fingerprint density at radius 3 is 2.76 bits per heavy atom. The minimum Gasteiger partial charge on any atom is -0.382 e. The van der Waals surface area contributed by atoms with Crippen LogP contribution < -0.4 is 5.32 Å². The first-order chi connectivity index (χ1) is 11.9. The van der Waals surface area contributed by atoms with E-state index in [0.29, 0.717) is 38.8 Å². The number of rotatable bonds is 11. The van der Waals surface area contributed by atoms with Gasteiger partial charge in [-0.05, 0) is 12.8 Å². The first-order valence-corrected chi connectivity index (χ1v) is 10.7. The SMILES string of the molecule is CCN(CCCNC(=NC)N1CCC(COCCOC)C1)S(C)(=O)=O. The van der Waals surface area contributed by atoms with Crippen molar-refractivity contribution in [2.75, 3.05) is 73.0 Å². The lowest BCUT2D eigenvalue weighted by molar-refractivity contribution is 0.0536. The van der Waals surface area contributed by atoms with E-state index in [9.17, 15) is 8.42 Å². The molecule has 0 amide bonds. The number of hydrogen-bond acceptors (Lipinski definition) is 5. The topological polar surface area (TPSA) is 83.5 Å². The first kappa shape index (κ1) is 22.1. The maximum absolute atomic E-state index is 11.6. The molecule has 0 aromatic carbocycles. The Hall–Kier alpha value is -0.900. The third kappa shape index (κ3) is 8.35. The maximum atomic E-state index is 11.6. The summed E-state index contributed by atoms with van der Waals surface area (Å²) in [6.45, 7) is 7.47. The zero-order valence-corrected chi connectivity index (χ0v) is 16.8. The molecule has 1 N–H and O–H groups in total.